The molecule has 0 aliphatic carbocycles. The Morgan fingerprint density at radius 1 is 1.16 bits per heavy atom. The largest absolute Gasteiger partial charge is 0.480 e. The number of guanidine groups is 1. The van der Waals surface area contributed by atoms with Gasteiger partial charge in [-0.05, 0) is 34.7 Å². The molecule has 10 N–H and O–H groups in total. The number of nitrogens with zero attached hydrogens (tertiary/aromatic N) is 2. The molecule has 1 heterocycles. The first-order valence-corrected chi connectivity index (χ1v) is 10.1. The third-order valence-electron chi connectivity index (χ3n) is 5.38. The Bertz CT molecular complexity index is 1150. The van der Waals surface area contributed by atoms with E-state index in [-0.39, 0.29) is 37.5 Å². The van der Waals surface area contributed by atoms with Gasteiger partial charge in [0, 0.05) is 37.5 Å². The molecule has 10 heteroatoms. The average molecular weight is 438 g/mol. The third-order valence-corrected chi connectivity index (χ3v) is 5.38. The Morgan fingerprint density at radius 2 is 1.88 bits per heavy atom. The highest BCUT2D eigenvalue weighted by molar-refractivity contribution is 6.21. The molecular formula is C22H27N7O3. The molecule has 10 nitrogen and oxygen atoms in total. The van der Waals surface area contributed by atoms with Crippen LogP contribution in [0.25, 0.3) is 10.8 Å². The highest BCUT2D eigenvalue weighted by Gasteiger charge is 2.43. The summed E-state index contributed by atoms with van der Waals surface area (Å²) in [5, 5.41) is 11.3. The van der Waals surface area contributed by atoms with Crippen LogP contribution < -0.4 is 22.9 Å². The van der Waals surface area contributed by atoms with Gasteiger partial charge in [0.05, 0.1) is 0 Å². The van der Waals surface area contributed by atoms with E-state index in [1.807, 2.05) is 18.2 Å². The van der Waals surface area contributed by atoms with E-state index in [2.05, 4.69) is 15.0 Å². The van der Waals surface area contributed by atoms with Gasteiger partial charge in [-0.2, -0.15) is 0 Å². The number of nitrogens with one attached hydrogen (secondary N) is 1. The van der Waals surface area contributed by atoms with Crippen LogP contribution in [0.15, 0.2) is 47.7 Å². The maximum absolute atomic E-state index is 13.6. The van der Waals surface area contributed by atoms with Gasteiger partial charge in [0.15, 0.2) is 17.3 Å². The number of aromatic nitrogens is 2. The fourth-order valence-electron chi connectivity index (χ4n) is 3.77. The van der Waals surface area contributed by atoms with Crippen molar-refractivity contribution >= 4 is 28.5 Å². The van der Waals surface area contributed by atoms with Crippen LogP contribution in [0.5, 0.6) is 0 Å². The van der Waals surface area contributed by atoms with Crippen LogP contribution in [0, 0.1) is 0 Å². The van der Waals surface area contributed by atoms with E-state index in [0.717, 1.165) is 16.8 Å². The maximum Gasteiger partial charge on any atom is 0.331 e. The van der Waals surface area contributed by atoms with Crippen molar-refractivity contribution in [3.05, 3.63) is 65.2 Å². The Morgan fingerprint density at radius 3 is 2.47 bits per heavy atom. The molecular weight excluding hydrogens is 410 g/mol. The van der Waals surface area contributed by atoms with Crippen molar-refractivity contribution < 1.29 is 14.7 Å². The lowest BCUT2D eigenvalue weighted by Crippen LogP contribution is -2.55. The van der Waals surface area contributed by atoms with E-state index in [1.54, 1.807) is 24.5 Å². The quantitative estimate of drug-likeness (QED) is 0.0871. The molecule has 0 bridgehead atoms. The summed E-state index contributed by atoms with van der Waals surface area (Å²) in [6.45, 7) is 0.204. The number of benzene rings is 2. The van der Waals surface area contributed by atoms with Crippen molar-refractivity contribution in [2.45, 2.75) is 31.3 Å². The molecule has 0 aliphatic heterocycles. The number of imidazole rings is 1. The minimum absolute atomic E-state index is 0.0424. The first-order chi connectivity index (χ1) is 15.3. The number of H-pyrrole nitrogens is 1. The normalized spacial score (nSPS) is 12.9. The molecule has 3 rings (SSSR count). The van der Waals surface area contributed by atoms with Gasteiger partial charge < -0.3 is 33.0 Å². The van der Waals surface area contributed by atoms with E-state index in [0.29, 0.717) is 17.4 Å². The van der Waals surface area contributed by atoms with Crippen molar-refractivity contribution in [2.75, 3.05) is 6.54 Å². The number of carbonyl (C=O) groups excluding carboxylic acids is 1. The van der Waals surface area contributed by atoms with Crippen LogP contribution in [-0.4, -0.2) is 44.9 Å². The second-order valence-corrected chi connectivity index (χ2v) is 7.55. The number of aromatic amines is 1. The summed E-state index contributed by atoms with van der Waals surface area (Å²) < 4.78 is 0. The number of carbonyl (C=O) groups is 2. The van der Waals surface area contributed by atoms with Gasteiger partial charge in [-0.15, -0.1) is 0 Å². The molecule has 2 aromatic carbocycles. The van der Waals surface area contributed by atoms with Crippen LogP contribution in [0.2, 0.25) is 0 Å². The van der Waals surface area contributed by atoms with Gasteiger partial charge in [0.1, 0.15) is 5.82 Å². The highest BCUT2D eigenvalue weighted by atomic mass is 16.4. The lowest BCUT2D eigenvalue weighted by molar-refractivity contribution is -0.141. The number of aliphatic imine (C=N–C) groups is 1. The predicted molar refractivity (Wildman–Crippen MR) is 122 cm³/mol. The molecule has 0 fully saturated rings. The molecule has 1 aromatic heterocycles. The van der Waals surface area contributed by atoms with Gasteiger partial charge in [-0.25, -0.2) is 9.78 Å². The summed E-state index contributed by atoms with van der Waals surface area (Å²) >= 11 is 0. The molecule has 0 spiro atoms. The van der Waals surface area contributed by atoms with E-state index < -0.39 is 17.3 Å². The highest BCUT2D eigenvalue weighted by Crippen LogP contribution is 2.31. The summed E-state index contributed by atoms with van der Waals surface area (Å²) in [6.07, 6.45) is 3.98. The number of ketones is 1. The number of carboxylic acids is 1. The summed E-state index contributed by atoms with van der Waals surface area (Å²) in [7, 11) is 0. The summed E-state index contributed by atoms with van der Waals surface area (Å²) in [6, 6.07) is 9.11. The standard InChI is InChI=1S/C22H27N7O3/c23-12-14-10-13(11-17-27-8-9-28-17)15-4-1-2-5-16(15)18(14)19(30)22(26,20(31)32)6-3-7-29-21(24)25/h1-2,4-5,8-10H,3,6-7,11-12,23,26H2,(H,27,28)(H,31,32)(H4,24,25,29)/t22-/m1/s1. The van der Waals surface area contributed by atoms with Gasteiger partial charge in [-0.1, -0.05) is 30.3 Å². The van der Waals surface area contributed by atoms with Crippen molar-refractivity contribution in [3.63, 3.8) is 0 Å². The zero-order valence-corrected chi connectivity index (χ0v) is 17.5. The fraction of sp³-hybridized carbons (Fsp3) is 0.273. The number of Topliss-reactive ketones (excluding diaryl/α,β-unsaturated/α-hetero) is 1. The SMILES string of the molecule is NCc1cc(Cc2ncc[nH]2)c2ccccc2c1C(=O)[C@](N)(CCCN=C(N)N)C(=O)O. The van der Waals surface area contributed by atoms with Crippen LogP contribution >= 0.6 is 0 Å². The Labute approximate surface area is 184 Å². The van der Waals surface area contributed by atoms with Crippen molar-refractivity contribution in [1.82, 2.24) is 9.97 Å². The Balaban J connectivity index is 2.09. The Kier molecular flexibility index (Phi) is 6.86. The molecule has 168 valence electrons. The van der Waals surface area contributed by atoms with Crippen LogP contribution in [-0.2, 0) is 17.8 Å². The number of nitrogens with two attached hydrogens (primary N) is 4. The summed E-state index contributed by atoms with van der Waals surface area (Å²) in [4.78, 5) is 36.9. The monoisotopic (exact) mass is 437 g/mol. The molecule has 1 atom stereocenters. The van der Waals surface area contributed by atoms with E-state index >= 15 is 0 Å². The third kappa shape index (κ3) is 4.61. The lowest BCUT2D eigenvalue weighted by atomic mass is 9.81. The first-order valence-electron chi connectivity index (χ1n) is 10.1. The number of aliphatic carboxylic acids is 1. The molecule has 0 saturated heterocycles. The number of hydrogen-bond acceptors (Lipinski definition) is 6. The molecule has 0 amide bonds. The minimum Gasteiger partial charge on any atom is -0.480 e. The number of hydrogen-bond donors (Lipinski definition) is 6. The van der Waals surface area contributed by atoms with Gasteiger partial charge in [0.25, 0.3) is 0 Å². The number of carboxylic acid groups (broad SMARTS) is 1. The average Bonchev–Trinajstić information content (AvgIpc) is 3.28. The number of fused-ring (bicyclic) bond motifs is 1. The zero-order valence-electron chi connectivity index (χ0n) is 17.5. The topological polar surface area (TPSA) is 199 Å². The van der Waals surface area contributed by atoms with E-state index in [1.165, 1.54) is 0 Å². The van der Waals surface area contributed by atoms with Crippen molar-refractivity contribution in [2.24, 2.45) is 27.9 Å². The second kappa shape index (κ2) is 9.58. The summed E-state index contributed by atoms with van der Waals surface area (Å²) in [5.74, 6) is -1.47. The minimum atomic E-state index is -2.14. The Hall–Kier alpha value is -3.76. The second-order valence-electron chi connectivity index (χ2n) is 7.55. The molecule has 0 saturated carbocycles. The van der Waals surface area contributed by atoms with Crippen molar-refractivity contribution in [3.8, 4) is 0 Å². The predicted octanol–water partition coefficient (Wildman–Crippen LogP) is 0.631. The molecule has 32 heavy (non-hydrogen) atoms. The molecule has 0 unspecified atom stereocenters. The van der Waals surface area contributed by atoms with Gasteiger partial charge in [0.2, 0.25) is 0 Å². The summed E-state index contributed by atoms with van der Waals surface area (Å²) in [5.41, 5.74) is 22.3. The van der Waals surface area contributed by atoms with Gasteiger partial charge >= 0.3 is 5.97 Å². The van der Waals surface area contributed by atoms with Crippen molar-refractivity contribution in [1.29, 1.82) is 0 Å². The number of rotatable bonds is 10. The lowest BCUT2D eigenvalue weighted by Gasteiger charge is -2.25. The van der Waals surface area contributed by atoms with Crippen LogP contribution in [0.3, 0.4) is 0 Å². The molecule has 0 radical (unpaired) electrons. The molecule has 0 aliphatic rings. The zero-order chi connectivity index (χ0) is 23.3. The van der Waals surface area contributed by atoms with E-state index in [9.17, 15) is 14.7 Å². The smallest absolute Gasteiger partial charge is 0.331 e. The van der Waals surface area contributed by atoms with E-state index in [4.69, 9.17) is 22.9 Å². The molecule has 3 aromatic rings. The fourth-order valence-corrected chi connectivity index (χ4v) is 3.77. The van der Waals surface area contributed by atoms with Gasteiger partial charge in [-0.3, -0.25) is 9.79 Å². The maximum atomic E-state index is 13.6. The first kappa shape index (κ1) is 22.9. The van der Waals surface area contributed by atoms with Crippen LogP contribution in [0.4, 0.5) is 0 Å². The van der Waals surface area contributed by atoms with Crippen LogP contribution in [0.1, 0.15) is 40.2 Å².